The van der Waals surface area contributed by atoms with Gasteiger partial charge in [0.15, 0.2) is 0 Å². The fourth-order valence-corrected chi connectivity index (χ4v) is 1.68. The monoisotopic (exact) mass is 285 g/mol. The van der Waals surface area contributed by atoms with Crippen molar-refractivity contribution in [2.75, 3.05) is 31.2 Å². The zero-order valence-electron chi connectivity index (χ0n) is 11.2. The number of aliphatic hydroxyl groups excluding tert-OH is 1. The van der Waals surface area contributed by atoms with Gasteiger partial charge in [-0.25, -0.2) is 0 Å². The molecule has 0 heterocycles. The highest BCUT2D eigenvalue weighted by Gasteiger charge is 2.11. The van der Waals surface area contributed by atoms with Crippen LogP contribution < -0.4 is 11.1 Å². The van der Waals surface area contributed by atoms with Crippen LogP contribution in [0.25, 0.3) is 0 Å². The van der Waals surface area contributed by atoms with Crippen molar-refractivity contribution in [3.8, 4) is 0 Å². The van der Waals surface area contributed by atoms with E-state index in [1.54, 1.807) is 18.2 Å². The molecule has 0 saturated carbocycles. The lowest BCUT2D eigenvalue weighted by Gasteiger charge is -2.22. The Morgan fingerprint density at radius 1 is 1.58 bits per heavy atom. The van der Waals surface area contributed by atoms with Gasteiger partial charge in [0.25, 0.3) is 0 Å². The summed E-state index contributed by atoms with van der Waals surface area (Å²) in [6, 6.07) is 4.98. The van der Waals surface area contributed by atoms with Gasteiger partial charge in [-0.3, -0.25) is 4.79 Å². The molecule has 0 aliphatic rings. The summed E-state index contributed by atoms with van der Waals surface area (Å²) in [6.45, 7) is 2.54. The van der Waals surface area contributed by atoms with Crippen LogP contribution >= 0.6 is 11.6 Å². The van der Waals surface area contributed by atoms with Gasteiger partial charge >= 0.3 is 0 Å². The quantitative estimate of drug-likeness (QED) is 0.693. The van der Waals surface area contributed by atoms with Crippen LogP contribution in [-0.2, 0) is 4.79 Å². The number of benzene rings is 1. The number of aliphatic hydroxyl groups is 1. The predicted molar refractivity (Wildman–Crippen MR) is 78.3 cm³/mol. The number of nitrogens with one attached hydrogen (secondary N) is 1. The molecule has 1 unspecified atom stereocenters. The zero-order chi connectivity index (χ0) is 14.4. The van der Waals surface area contributed by atoms with Gasteiger partial charge in [-0.2, -0.15) is 0 Å². The molecule has 0 aliphatic carbocycles. The van der Waals surface area contributed by atoms with Crippen LogP contribution in [0.15, 0.2) is 18.2 Å². The Hall–Kier alpha value is -1.30. The van der Waals surface area contributed by atoms with E-state index in [1.807, 2.05) is 18.9 Å². The molecule has 19 heavy (non-hydrogen) atoms. The highest BCUT2D eigenvalue weighted by atomic mass is 35.5. The van der Waals surface area contributed by atoms with Crippen molar-refractivity contribution >= 4 is 28.9 Å². The number of amides is 1. The van der Waals surface area contributed by atoms with Gasteiger partial charge in [0, 0.05) is 24.0 Å². The van der Waals surface area contributed by atoms with Crippen LogP contribution in [0, 0.1) is 0 Å². The molecule has 0 aromatic heterocycles. The first-order valence-corrected chi connectivity index (χ1v) is 6.47. The molecule has 1 amide bonds. The van der Waals surface area contributed by atoms with Crippen LogP contribution in [0.4, 0.5) is 11.4 Å². The summed E-state index contributed by atoms with van der Waals surface area (Å²) in [4.78, 5) is 13.7. The summed E-state index contributed by atoms with van der Waals surface area (Å²) in [5.74, 6) is -0.119. The summed E-state index contributed by atoms with van der Waals surface area (Å²) in [5.41, 5.74) is 6.76. The lowest BCUT2D eigenvalue weighted by atomic mass is 10.2. The lowest BCUT2D eigenvalue weighted by Crippen LogP contribution is -2.34. The Morgan fingerprint density at radius 3 is 2.84 bits per heavy atom. The second-order valence-corrected chi connectivity index (χ2v) is 4.98. The number of rotatable bonds is 6. The smallest absolute Gasteiger partial charge is 0.225 e. The molecule has 0 radical (unpaired) electrons. The molecule has 1 rings (SSSR count). The molecule has 1 atom stereocenters. The van der Waals surface area contributed by atoms with Gasteiger partial charge in [-0.1, -0.05) is 11.6 Å². The van der Waals surface area contributed by atoms with E-state index in [1.165, 1.54) is 0 Å². The lowest BCUT2D eigenvalue weighted by molar-refractivity contribution is -0.116. The van der Waals surface area contributed by atoms with Crippen LogP contribution in [0.5, 0.6) is 0 Å². The molecule has 1 aromatic rings. The first-order valence-electron chi connectivity index (χ1n) is 6.10. The van der Waals surface area contributed by atoms with Crippen molar-refractivity contribution in [1.82, 2.24) is 4.90 Å². The molecule has 5 nitrogen and oxygen atoms in total. The number of nitrogens with two attached hydrogens (primary N) is 1. The molecule has 106 valence electrons. The predicted octanol–water partition coefficient (Wildman–Crippen LogP) is 1.56. The summed E-state index contributed by atoms with van der Waals surface area (Å²) in [7, 11) is 1.87. The number of hydrogen-bond acceptors (Lipinski definition) is 4. The highest BCUT2D eigenvalue weighted by molar-refractivity contribution is 6.31. The van der Waals surface area contributed by atoms with Crippen LogP contribution in [0.1, 0.15) is 13.3 Å². The molecule has 0 aliphatic heterocycles. The van der Waals surface area contributed by atoms with Crippen molar-refractivity contribution in [3.63, 3.8) is 0 Å². The molecular formula is C13H20ClN3O2. The minimum absolute atomic E-state index is 0.0356. The Balaban J connectivity index is 2.47. The normalized spacial score (nSPS) is 12.5. The summed E-state index contributed by atoms with van der Waals surface area (Å²) < 4.78 is 0. The van der Waals surface area contributed by atoms with Crippen LogP contribution in [0.3, 0.4) is 0 Å². The second-order valence-electron chi connectivity index (χ2n) is 4.54. The number of carbonyl (C=O) groups excluding carboxylic acids is 1. The maximum atomic E-state index is 11.8. The third-order valence-corrected chi connectivity index (χ3v) is 3.23. The topological polar surface area (TPSA) is 78.6 Å². The van der Waals surface area contributed by atoms with Crippen molar-refractivity contribution in [3.05, 3.63) is 23.2 Å². The molecule has 6 heteroatoms. The maximum Gasteiger partial charge on any atom is 0.225 e. The number of likely N-dealkylation sites (N-methyl/N-ethyl adjacent to an activating group) is 1. The van der Waals surface area contributed by atoms with E-state index < -0.39 is 0 Å². The minimum Gasteiger partial charge on any atom is -0.397 e. The van der Waals surface area contributed by atoms with Gasteiger partial charge in [0.2, 0.25) is 5.91 Å². The van der Waals surface area contributed by atoms with E-state index in [4.69, 9.17) is 22.4 Å². The average molecular weight is 286 g/mol. The summed E-state index contributed by atoms with van der Waals surface area (Å²) in [5, 5.41) is 12.3. The molecule has 0 bridgehead atoms. The van der Waals surface area contributed by atoms with E-state index in [2.05, 4.69) is 5.32 Å². The number of nitrogen functional groups attached to an aromatic ring is 1. The molecule has 0 spiro atoms. The zero-order valence-corrected chi connectivity index (χ0v) is 11.9. The maximum absolute atomic E-state index is 11.8. The van der Waals surface area contributed by atoms with Gasteiger partial charge in [0.1, 0.15) is 0 Å². The Labute approximate surface area is 118 Å². The van der Waals surface area contributed by atoms with Crippen molar-refractivity contribution in [2.45, 2.75) is 19.4 Å². The number of halogens is 1. The summed E-state index contributed by atoms with van der Waals surface area (Å²) in [6.07, 6.45) is 0.336. The van der Waals surface area contributed by atoms with Crippen LogP contribution in [0.2, 0.25) is 5.02 Å². The Kier molecular flexibility index (Phi) is 6.08. The Morgan fingerprint density at radius 2 is 2.26 bits per heavy atom. The van der Waals surface area contributed by atoms with E-state index in [9.17, 15) is 4.79 Å². The summed E-state index contributed by atoms with van der Waals surface area (Å²) >= 11 is 5.78. The van der Waals surface area contributed by atoms with Crippen molar-refractivity contribution in [1.29, 1.82) is 0 Å². The number of carbonyl (C=O) groups is 1. The average Bonchev–Trinajstić information content (AvgIpc) is 2.38. The minimum atomic E-state index is -0.119. The third kappa shape index (κ3) is 5.06. The molecule has 4 N–H and O–H groups in total. The SMILES string of the molecule is CC(CO)N(C)CCC(=O)Nc1ccc(Cl)cc1N. The fraction of sp³-hybridized carbons (Fsp3) is 0.462. The number of anilines is 2. The largest absolute Gasteiger partial charge is 0.397 e. The highest BCUT2D eigenvalue weighted by Crippen LogP contribution is 2.22. The first kappa shape index (κ1) is 15.8. The van der Waals surface area contributed by atoms with Gasteiger partial charge in [-0.15, -0.1) is 0 Å². The first-order chi connectivity index (χ1) is 8.93. The van der Waals surface area contributed by atoms with E-state index in [0.717, 1.165) is 0 Å². The van der Waals surface area contributed by atoms with E-state index >= 15 is 0 Å². The second kappa shape index (κ2) is 7.33. The van der Waals surface area contributed by atoms with Gasteiger partial charge in [-0.05, 0) is 32.2 Å². The van der Waals surface area contributed by atoms with Crippen LogP contribution in [-0.4, -0.2) is 42.2 Å². The Bertz CT molecular complexity index is 440. The molecule has 0 saturated heterocycles. The van der Waals surface area contributed by atoms with Gasteiger partial charge < -0.3 is 21.1 Å². The molecule has 0 fully saturated rings. The third-order valence-electron chi connectivity index (χ3n) is 3.00. The van der Waals surface area contributed by atoms with Crippen molar-refractivity contribution < 1.29 is 9.90 Å². The standard InChI is InChI=1S/C13H20ClN3O2/c1-9(8-18)17(2)6-5-13(19)16-12-4-3-10(14)7-11(12)15/h3-4,7,9,18H,5-6,8,15H2,1-2H3,(H,16,19). The molecular weight excluding hydrogens is 266 g/mol. The fourth-order valence-electron chi connectivity index (χ4n) is 1.50. The van der Waals surface area contributed by atoms with E-state index in [0.29, 0.717) is 29.4 Å². The number of hydrogen-bond donors (Lipinski definition) is 3. The number of nitrogens with zero attached hydrogens (tertiary/aromatic N) is 1. The van der Waals surface area contributed by atoms with E-state index in [-0.39, 0.29) is 18.6 Å². The molecule has 1 aromatic carbocycles. The van der Waals surface area contributed by atoms with Gasteiger partial charge in [0.05, 0.1) is 18.0 Å². The van der Waals surface area contributed by atoms with Crippen molar-refractivity contribution in [2.24, 2.45) is 0 Å².